The van der Waals surface area contributed by atoms with Gasteiger partial charge in [-0.25, -0.2) is 4.98 Å². The van der Waals surface area contributed by atoms with Gasteiger partial charge in [0.15, 0.2) is 6.29 Å². The van der Waals surface area contributed by atoms with Crippen LogP contribution >= 0.6 is 11.3 Å². The van der Waals surface area contributed by atoms with Gasteiger partial charge in [0.1, 0.15) is 4.88 Å². The van der Waals surface area contributed by atoms with Crippen molar-refractivity contribution in [2.75, 3.05) is 13.2 Å². The van der Waals surface area contributed by atoms with Crippen molar-refractivity contribution in [3.05, 3.63) is 11.1 Å². The molecule has 1 heterocycles. The second-order valence-corrected chi connectivity index (χ2v) is 6.65. The van der Waals surface area contributed by atoms with Crippen molar-refractivity contribution in [3.63, 3.8) is 0 Å². The Morgan fingerprint density at radius 1 is 1.45 bits per heavy atom. The van der Waals surface area contributed by atoms with Gasteiger partial charge >= 0.3 is 0 Å². The maximum atomic E-state index is 12.0. The molecule has 1 aliphatic carbocycles. The number of hydrogen-bond donors (Lipinski definition) is 3. The Morgan fingerprint density at radius 2 is 2.23 bits per heavy atom. The smallest absolute Gasteiger partial charge is 0.273 e. The minimum absolute atomic E-state index is 0.113. The average molecular weight is 328 g/mol. The van der Waals surface area contributed by atoms with E-state index in [1.165, 1.54) is 49.6 Å². The van der Waals surface area contributed by atoms with E-state index < -0.39 is 6.29 Å². The van der Waals surface area contributed by atoms with E-state index in [4.69, 9.17) is 14.9 Å². The largest absolute Gasteiger partial charge is 0.470 e. The number of aromatic nitrogens is 1. The van der Waals surface area contributed by atoms with Crippen molar-refractivity contribution in [3.8, 4) is 5.19 Å². The van der Waals surface area contributed by atoms with Crippen molar-refractivity contribution >= 4 is 17.2 Å². The normalized spacial score (nSPS) is 15.4. The Kier molecular flexibility index (Phi) is 7.08. The zero-order valence-electron chi connectivity index (χ0n) is 12.7. The summed E-state index contributed by atoms with van der Waals surface area (Å²) in [7, 11) is 0. The lowest BCUT2D eigenvalue weighted by atomic mass is 10.0. The van der Waals surface area contributed by atoms with Gasteiger partial charge < -0.3 is 20.3 Å². The van der Waals surface area contributed by atoms with E-state index in [-0.39, 0.29) is 18.9 Å². The zero-order valence-corrected chi connectivity index (χ0v) is 13.5. The summed E-state index contributed by atoms with van der Waals surface area (Å²) in [5, 5.41) is 20.7. The predicted octanol–water partition coefficient (Wildman–Crippen LogP) is 1.92. The number of aliphatic hydroxyl groups is 2. The molecule has 3 N–H and O–H groups in total. The standard InChI is InChI=1S/C15H24N2O4S/c18-13(19)7-9-21-15-17-10-12(22-15)14(20)16-8-3-6-11-4-1-2-5-11/h10-11,13,18-19H,1-9H2,(H,16,20). The molecular weight excluding hydrogens is 304 g/mol. The van der Waals surface area contributed by atoms with Crippen LogP contribution in [0, 0.1) is 5.92 Å². The highest BCUT2D eigenvalue weighted by atomic mass is 32.1. The molecule has 124 valence electrons. The highest BCUT2D eigenvalue weighted by Crippen LogP contribution is 2.28. The molecule has 22 heavy (non-hydrogen) atoms. The summed E-state index contributed by atoms with van der Waals surface area (Å²) < 4.78 is 5.25. The Balaban J connectivity index is 1.63. The first kappa shape index (κ1) is 17.2. The molecule has 1 fully saturated rings. The zero-order chi connectivity index (χ0) is 15.8. The van der Waals surface area contributed by atoms with Crippen LogP contribution in [0.1, 0.15) is 54.6 Å². The van der Waals surface area contributed by atoms with Crippen LogP contribution in [0.4, 0.5) is 0 Å². The fourth-order valence-electron chi connectivity index (χ4n) is 2.66. The molecule has 0 aliphatic heterocycles. The van der Waals surface area contributed by atoms with E-state index in [9.17, 15) is 4.79 Å². The SMILES string of the molecule is O=C(NCCCC1CCCC1)c1cnc(OCCC(O)O)s1. The first-order valence-electron chi connectivity index (χ1n) is 7.88. The lowest BCUT2D eigenvalue weighted by Crippen LogP contribution is -2.23. The van der Waals surface area contributed by atoms with Crippen molar-refractivity contribution in [2.45, 2.75) is 51.2 Å². The van der Waals surface area contributed by atoms with Crippen LogP contribution in [0.5, 0.6) is 5.19 Å². The Bertz CT molecular complexity index is 458. The van der Waals surface area contributed by atoms with Crippen LogP contribution in [0.2, 0.25) is 0 Å². The number of thiazole rings is 1. The number of hydrogen-bond acceptors (Lipinski definition) is 6. The lowest BCUT2D eigenvalue weighted by Gasteiger charge is -2.08. The lowest BCUT2D eigenvalue weighted by molar-refractivity contribution is -0.0519. The molecule has 1 saturated carbocycles. The topological polar surface area (TPSA) is 91.7 Å². The Labute approximate surface area is 134 Å². The number of carbonyl (C=O) groups is 1. The molecule has 0 spiro atoms. The molecule has 0 radical (unpaired) electrons. The molecule has 1 aromatic rings. The third-order valence-corrected chi connectivity index (χ3v) is 4.77. The second kappa shape index (κ2) is 9.07. The highest BCUT2D eigenvalue weighted by molar-refractivity contribution is 7.15. The van der Waals surface area contributed by atoms with Gasteiger partial charge in [-0.2, -0.15) is 0 Å². The van der Waals surface area contributed by atoms with E-state index in [1.807, 2.05) is 0 Å². The van der Waals surface area contributed by atoms with Gasteiger partial charge in [-0.05, 0) is 18.8 Å². The Hall–Kier alpha value is -1.18. The summed E-state index contributed by atoms with van der Waals surface area (Å²) in [6, 6.07) is 0. The molecular formula is C15H24N2O4S. The number of nitrogens with one attached hydrogen (secondary N) is 1. The van der Waals surface area contributed by atoms with E-state index >= 15 is 0 Å². The molecule has 2 rings (SSSR count). The maximum Gasteiger partial charge on any atom is 0.273 e. The van der Waals surface area contributed by atoms with E-state index in [0.717, 1.165) is 12.3 Å². The molecule has 6 nitrogen and oxygen atoms in total. The fraction of sp³-hybridized carbons (Fsp3) is 0.733. The molecule has 1 aliphatic rings. The van der Waals surface area contributed by atoms with Crippen molar-refractivity contribution in [1.82, 2.24) is 10.3 Å². The number of carbonyl (C=O) groups excluding carboxylic acids is 1. The monoisotopic (exact) mass is 328 g/mol. The molecule has 0 unspecified atom stereocenters. The van der Waals surface area contributed by atoms with Gasteiger partial charge in [0.25, 0.3) is 11.1 Å². The molecule has 7 heteroatoms. The molecule has 0 bridgehead atoms. The minimum atomic E-state index is -1.39. The number of amides is 1. The minimum Gasteiger partial charge on any atom is -0.470 e. The van der Waals surface area contributed by atoms with E-state index in [2.05, 4.69) is 10.3 Å². The first-order valence-corrected chi connectivity index (χ1v) is 8.70. The molecule has 0 atom stereocenters. The van der Waals surface area contributed by atoms with E-state index in [0.29, 0.717) is 16.6 Å². The van der Waals surface area contributed by atoms with Gasteiger partial charge in [-0.3, -0.25) is 4.79 Å². The van der Waals surface area contributed by atoms with Crippen LogP contribution in [-0.2, 0) is 0 Å². The van der Waals surface area contributed by atoms with E-state index in [1.54, 1.807) is 0 Å². The summed E-state index contributed by atoms with van der Waals surface area (Å²) in [6.45, 7) is 0.855. The van der Waals surface area contributed by atoms with Crippen LogP contribution in [-0.4, -0.2) is 40.5 Å². The third-order valence-electron chi connectivity index (χ3n) is 3.86. The summed E-state index contributed by atoms with van der Waals surface area (Å²) in [5.41, 5.74) is 0. The average Bonchev–Trinajstić information content (AvgIpc) is 3.14. The number of ether oxygens (including phenoxy) is 1. The van der Waals surface area contributed by atoms with Crippen molar-refractivity contribution < 1.29 is 19.7 Å². The molecule has 1 aromatic heterocycles. The van der Waals surface area contributed by atoms with Crippen LogP contribution in [0.15, 0.2) is 6.20 Å². The summed E-state index contributed by atoms with van der Waals surface area (Å²) in [6.07, 6.45) is 7.82. The number of nitrogens with zero attached hydrogens (tertiary/aromatic N) is 1. The predicted molar refractivity (Wildman–Crippen MR) is 84.0 cm³/mol. The van der Waals surface area contributed by atoms with Gasteiger partial charge in [0.2, 0.25) is 0 Å². The molecule has 0 aromatic carbocycles. The molecule has 1 amide bonds. The van der Waals surface area contributed by atoms with Gasteiger partial charge in [0, 0.05) is 13.0 Å². The number of rotatable bonds is 9. The fourth-order valence-corrected chi connectivity index (χ4v) is 3.37. The van der Waals surface area contributed by atoms with Gasteiger partial charge in [0.05, 0.1) is 12.8 Å². The van der Waals surface area contributed by atoms with Crippen LogP contribution < -0.4 is 10.1 Å². The highest BCUT2D eigenvalue weighted by Gasteiger charge is 2.15. The molecule has 0 saturated heterocycles. The van der Waals surface area contributed by atoms with Crippen LogP contribution in [0.3, 0.4) is 0 Å². The van der Waals surface area contributed by atoms with Crippen molar-refractivity contribution in [1.29, 1.82) is 0 Å². The summed E-state index contributed by atoms with van der Waals surface area (Å²) >= 11 is 1.17. The summed E-state index contributed by atoms with van der Waals surface area (Å²) in [5.74, 6) is 0.725. The second-order valence-electron chi connectivity index (χ2n) is 5.66. The summed E-state index contributed by atoms with van der Waals surface area (Å²) in [4.78, 5) is 16.5. The van der Waals surface area contributed by atoms with Crippen molar-refractivity contribution in [2.24, 2.45) is 5.92 Å². The maximum absolute atomic E-state index is 12.0. The van der Waals surface area contributed by atoms with Crippen LogP contribution in [0.25, 0.3) is 0 Å². The third kappa shape index (κ3) is 5.90. The first-order chi connectivity index (χ1) is 10.6. The number of aliphatic hydroxyl groups excluding tert-OH is 1. The van der Waals surface area contributed by atoms with Gasteiger partial charge in [-0.15, -0.1) is 0 Å². The van der Waals surface area contributed by atoms with Gasteiger partial charge in [-0.1, -0.05) is 37.0 Å². The Morgan fingerprint density at radius 3 is 2.95 bits per heavy atom. The quantitative estimate of drug-likeness (QED) is 0.476.